The van der Waals surface area contributed by atoms with E-state index in [0.717, 1.165) is 12.5 Å². The lowest BCUT2D eigenvalue weighted by molar-refractivity contribution is 0.207. The van der Waals surface area contributed by atoms with Crippen molar-refractivity contribution in [3.8, 4) is 0 Å². The molecule has 1 unspecified atom stereocenters. The molecular formula is C14H30N2. The Morgan fingerprint density at radius 2 is 1.94 bits per heavy atom. The largest absolute Gasteiger partial charge is 0.320 e. The van der Waals surface area contributed by atoms with Crippen LogP contribution in [-0.4, -0.2) is 38.1 Å². The van der Waals surface area contributed by atoms with E-state index in [2.05, 4.69) is 31.0 Å². The van der Waals surface area contributed by atoms with Gasteiger partial charge in [0.1, 0.15) is 0 Å². The van der Waals surface area contributed by atoms with Crippen molar-refractivity contribution in [1.82, 2.24) is 10.2 Å². The zero-order chi connectivity index (χ0) is 12.0. The molecule has 1 aliphatic heterocycles. The highest BCUT2D eigenvalue weighted by atomic mass is 15.1. The maximum Gasteiger partial charge on any atom is -0.000664 e. The first-order chi connectivity index (χ1) is 7.54. The second kappa shape index (κ2) is 6.61. The van der Waals surface area contributed by atoms with E-state index in [-0.39, 0.29) is 0 Å². The first kappa shape index (κ1) is 14.0. The van der Waals surface area contributed by atoms with Crippen LogP contribution in [0.5, 0.6) is 0 Å². The summed E-state index contributed by atoms with van der Waals surface area (Å²) in [6, 6.07) is 0. The van der Waals surface area contributed by atoms with Gasteiger partial charge in [0.2, 0.25) is 0 Å². The minimum Gasteiger partial charge on any atom is -0.320 e. The van der Waals surface area contributed by atoms with Gasteiger partial charge in [-0.2, -0.15) is 0 Å². The summed E-state index contributed by atoms with van der Waals surface area (Å²) in [6.07, 6.45) is 5.49. The molecule has 1 N–H and O–H groups in total. The van der Waals surface area contributed by atoms with E-state index in [4.69, 9.17) is 0 Å². The fourth-order valence-corrected chi connectivity index (χ4v) is 2.72. The van der Waals surface area contributed by atoms with E-state index < -0.39 is 0 Å². The number of likely N-dealkylation sites (tertiary alicyclic amines) is 1. The fourth-order valence-electron chi connectivity index (χ4n) is 2.72. The molecule has 0 saturated carbocycles. The van der Waals surface area contributed by atoms with Crippen molar-refractivity contribution in [3.63, 3.8) is 0 Å². The molecule has 1 fully saturated rings. The molecule has 0 radical (unpaired) electrons. The van der Waals surface area contributed by atoms with Crippen molar-refractivity contribution in [2.45, 2.75) is 46.5 Å². The standard InChI is InChI=1S/C14H30N2/c1-14(2,3)13-7-5-10-16(12-8-13)11-6-9-15-4/h13,15H,5-12H2,1-4H3. The molecule has 0 aromatic heterocycles. The van der Waals surface area contributed by atoms with Crippen molar-refractivity contribution in [2.24, 2.45) is 11.3 Å². The smallest absolute Gasteiger partial charge is 0.000664 e. The molecule has 1 aliphatic rings. The van der Waals surface area contributed by atoms with Crippen molar-refractivity contribution < 1.29 is 0 Å². The average molecular weight is 226 g/mol. The summed E-state index contributed by atoms with van der Waals surface area (Å²) in [7, 11) is 2.04. The Kier molecular flexibility index (Phi) is 5.77. The molecule has 1 rings (SSSR count). The van der Waals surface area contributed by atoms with Crippen molar-refractivity contribution in [3.05, 3.63) is 0 Å². The number of hydrogen-bond acceptors (Lipinski definition) is 2. The van der Waals surface area contributed by atoms with Crippen LogP contribution in [-0.2, 0) is 0 Å². The number of rotatable bonds is 4. The normalized spacial score (nSPS) is 24.4. The Bertz CT molecular complexity index is 184. The Morgan fingerprint density at radius 3 is 2.56 bits per heavy atom. The minimum absolute atomic E-state index is 0.501. The highest BCUT2D eigenvalue weighted by Gasteiger charge is 2.26. The fraction of sp³-hybridized carbons (Fsp3) is 1.00. The van der Waals surface area contributed by atoms with Crippen LogP contribution in [0.4, 0.5) is 0 Å². The van der Waals surface area contributed by atoms with Gasteiger partial charge in [0.15, 0.2) is 0 Å². The molecule has 96 valence electrons. The van der Waals surface area contributed by atoms with Crippen molar-refractivity contribution in [1.29, 1.82) is 0 Å². The van der Waals surface area contributed by atoms with Gasteiger partial charge < -0.3 is 10.2 Å². The minimum atomic E-state index is 0.501. The maximum absolute atomic E-state index is 3.23. The summed E-state index contributed by atoms with van der Waals surface area (Å²) in [6.45, 7) is 12.2. The molecule has 2 nitrogen and oxygen atoms in total. The summed E-state index contributed by atoms with van der Waals surface area (Å²) in [5, 5.41) is 3.23. The Hall–Kier alpha value is -0.0800. The van der Waals surface area contributed by atoms with E-state index in [1.807, 2.05) is 7.05 Å². The average Bonchev–Trinajstić information content (AvgIpc) is 2.43. The summed E-state index contributed by atoms with van der Waals surface area (Å²) in [5.41, 5.74) is 0.501. The Labute approximate surface area is 102 Å². The zero-order valence-corrected chi connectivity index (χ0v) is 11.7. The molecule has 0 amide bonds. The summed E-state index contributed by atoms with van der Waals surface area (Å²) >= 11 is 0. The van der Waals surface area contributed by atoms with Gasteiger partial charge in [0, 0.05) is 0 Å². The molecule has 1 heterocycles. The summed E-state index contributed by atoms with van der Waals surface area (Å²) in [5.74, 6) is 0.918. The van der Waals surface area contributed by atoms with Gasteiger partial charge in [-0.05, 0) is 70.2 Å². The van der Waals surface area contributed by atoms with Crippen LogP contribution in [0.25, 0.3) is 0 Å². The van der Waals surface area contributed by atoms with Gasteiger partial charge in [-0.25, -0.2) is 0 Å². The van der Waals surface area contributed by atoms with E-state index in [9.17, 15) is 0 Å². The lowest BCUT2D eigenvalue weighted by Gasteiger charge is -2.29. The van der Waals surface area contributed by atoms with Gasteiger partial charge in [0.25, 0.3) is 0 Å². The third kappa shape index (κ3) is 4.84. The van der Waals surface area contributed by atoms with Crippen LogP contribution in [0.1, 0.15) is 46.5 Å². The molecule has 2 heteroatoms. The van der Waals surface area contributed by atoms with Crippen LogP contribution in [0.3, 0.4) is 0 Å². The van der Waals surface area contributed by atoms with E-state index >= 15 is 0 Å². The number of nitrogens with zero attached hydrogens (tertiary/aromatic N) is 1. The Balaban J connectivity index is 2.29. The predicted octanol–water partition coefficient (Wildman–Crippen LogP) is 2.74. The van der Waals surface area contributed by atoms with Gasteiger partial charge >= 0.3 is 0 Å². The molecule has 16 heavy (non-hydrogen) atoms. The third-order valence-electron chi connectivity index (χ3n) is 3.95. The molecular weight excluding hydrogens is 196 g/mol. The van der Waals surface area contributed by atoms with Gasteiger partial charge in [-0.15, -0.1) is 0 Å². The second-order valence-corrected chi connectivity index (χ2v) is 6.29. The van der Waals surface area contributed by atoms with Crippen molar-refractivity contribution >= 4 is 0 Å². The highest BCUT2D eigenvalue weighted by molar-refractivity contribution is 4.78. The number of hydrogen-bond donors (Lipinski definition) is 1. The lowest BCUT2D eigenvalue weighted by atomic mass is 9.77. The molecule has 0 spiro atoms. The van der Waals surface area contributed by atoms with Crippen LogP contribution < -0.4 is 5.32 Å². The van der Waals surface area contributed by atoms with Crippen LogP contribution >= 0.6 is 0 Å². The third-order valence-corrected chi connectivity index (χ3v) is 3.95. The first-order valence-corrected chi connectivity index (χ1v) is 6.91. The molecule has 0 aliphatic carbocycles. The second-order valence-electron chi connectivity index (χ2n) is 6.29. The molecule has 1 saturated heterocycles. The maximum atomic E-state index is 3.23. The Morgan fingerprint density at radius 1 is 1.19 bits per heavy atom. The van der Waals surface area contributed by atoms with Gasteiger partial charge in [-0.1, -0.05) is 20.8 Å². The van der Waals surface area contributed by atoms with E-state index in [1.165, 1.54) is 45.3 Å². The summed E-state index contributed by atoms with van der Waals surface area (Å²) in [4.78, 5) is 2.66. The predicted molar refractivity (Wildman–Crippen MR) is 71.8 cm³/mol. The zero-order valence-electron chi connectivity index (χ0n) is 11.7. The highest BCUT2D eigenvalue weighted by Crippen LogP contribution is 2.34. The van der Waals surface area contributed by atoms with Crippen molar-refractivity contribution in [2.75, 3.05) is 33.2 Å². The molecule has 0 aromatic rings. The van der Waals surface area contributed by atoms with Gasteiger partial charge in [0.05, 0.1) is 0 Å². The van der Waals surface area contributed by atoms with Gasteiger partial charge in [-0.3, -0.25) is 0 Å². The van der Waals surface area contributed by atoms with Crippen LogP contribution in [0, 0.1) is 11.3 Å². The quantitative estimate of drug-likeness (QED) is 0.742. The first-order valence-electron chi connectivity index (χ1n) is 6.91. The SMILES string of the molecule is CNCCCN1CCCC(C(C)(C)C)CC1. The molecule has 0 bridgehead atoms. The van der Waals surface area contributed by atoms with E-state index in [0.29, 0.717) is 5.41 Å². The monoisotopic (exact) mass is 226 g/mol. The molecule has 0 aromatic carbocycles. The lowest BCUT2D eigenvalue weighted by Crippen LogP contribution is -2.28. The summed E-state index contributed by atoms with van der Waals surface area (Å²) < 4.78 is 0. The van der Waals surface area contributed by atoms with E-state index in [1.54, 1.807) is 0 Å². The molecule has 1 atom stereocenters. The van der Waals surface area contributed by atoms with Crippen LogP contribution in [0.2, 0.25) is 0 Å². The van der Waals surface area contributed by atoms with Crippen LogP contribution in [0.15, 0.2) is 0 Å². The topological polar surface area (TPSA) is 15.3 Å². The number of nitrogens with one attached hydrogen (secondary N) is 1.